The Morgan fingerprint density at radius 3 is 2.94 bits per heavy atom. The minimum Gasteiger partial charge on any atom is -0.462 e. The molecule has 0 aliphatic rings. The van der Waals surface area contributed by atoms with Gasteiger partial charge >= 0.3 is 5.97 Å². The second-order valence-corrected chi connectivity index (χ2v) is 3.92. The average Bonchev–Trinajstić information content (AvgIpc) is 2.58. The van der Waals surface area contributed by atoms with Crippen molar-refractivity contribution in [2.24, 2.45) is 7.05 Å². The van der Waals surface area contributed by atoms with Gasteiger partial charge in [0, 0.05) is 32.4 Å². The summed E-state index contributed by atoms with van der Waals surface area (Å²) in [4.78, 5) is 15.4. The number of hydrogen-bond acceptors (Lipinski definition) is 4. The van der Waals surface area contributed by atoms with Crippen LogP contribution in [0.5, 0.6) is 0 Å². The van der Waals surface area contributed by atoms with E-state index in [4.69, 9.17) is 4.74 Å². The standard InChI is InChI=1S/C11H19N3O2/c1-9(2)16-11(15)8-12-5-4-10-13-6-7-14(10)3/h6-7,9,12H,4-5,8H2,1-3H3. The summed E-state index contributed by atoms with van der Waals surface area (Å²) in [6.07, 6.45) is 4.42. The number of imidazole rings is 1. The van der Waals surface area contributed by atoms with Crippen LogP contribution in [0.3, 0.4) is 0 Å². The van der Waals surface area contributed by atoms with Gasteiger partial charge in [-0.2, -0.15) is 0 Å². The van der Waals surface area contributed by atoms with Crippen molar-refractivity contribution < 1.29 is 9.53 Å². The van der Waals surface area contributed by atoms with E-state index in [1.54, 1.807) is 6.20 Å². The van der Waals surface area contributed by atoms with Crippen molar-refractivity contribution in [3.8, 4) is 0 Å². The normalized spacial score (nSPS) is 10.8. The van der Waals surface area contributed by atoms with Crippen molar-refractivity contribution in [3.63, 3.8) is 0 Å². The molecule has 1 rings (SSSR count). The summed E-state index contributed by atoms with van der Waals surface area (Å²) in [5, 5.41) is 3.03. The highest BCUT2D eigenvalue weighted by molar-refractivity contribution is 5.71. The van der Waals surface area contributed by atoms with Crippen LogP contribution in [-0.4, -0.2) is 34.7 Å². The number of esters is 1. The van der Waals surface area contributed by atoms with Crippen molar-refractivity contribution >= 4 is 5.97 Å². The molecule has 0 saturated carbocycles. The maximum absolute atomic E-state index is 11.2. The van der Waals surface area contributed by atoms with E-state index in [9.17, 15) is 4.79 Å². The molecule has 0 aromatic carbocycles. The van der Waals surface area contributed by atoms with Crippen LogP contribution in [-0.2, 0) is 23.0 Å². The number of carbonyl (C=O) groups excluding carboxylic acids is 1. The zero-order chi connectivity index (χ0) is 12.0. The molecule has 1 aromatic rings. The quantitative estimate of drug-likeness (QED) is 0.566. The molecule has 0 aliphatic heterocycles. The van der Waals surface area contributed by atoms with E-state index in [-0.39, 0.29) is 18.6 Å². The van der Waals surface area contributed by atoms with Gasteiger partial charge in [0.1, 0.15) is 5.82 Å². The minimum atomic E-state index is -0.213. The summed E-state index contributed by atoms with van der Waals surface area (Å²) in [7, 11) is 1.95. The number of carbonyl (C=O) groups is 1. The van der Waals surface area contributed by atoms with Gasteiger partial charge in [0.2, 0.25) is 0 Å². The third kappa shape index (κ3) is 4.44. The lowest BCUT2D eigenvalue weighted by Crippen LogP contribution is -2.28. The van der Waals surface area contributed by atoms with Gasteiger partial charge in [-0.1, -0.05) is 0 Å². The Hall–Kier alpha value is -1.36. The van der Waals surface area contributed by atoms with Crippen LogP contribution in [0, 0.1) is 0 Å². The molecule has 0 spiro atoms. The number of aryl methyl sites for hydroxylation is 1. The Morgan fingerprint density at radius 1 is 1.62 bits per heavy atom. The number of hydrogen-bond donors (Lipinski definition) is 1. The zero-order valence-electron chi connectivity index (χ0n) is 10.1. The number of aromatic nitrogens is 2. The number of nitrogens with zero attached hydrogens (tertiary/aromatic N) is 2. The van der Waals surface area contributed by atoms with E-state index in [1.807, 2.05) is 31.7 Å². The van der Waals surface area contributed by atoms with Crippen molar-refractivity contribution in [3.05, 3.63) is 18.2 Å². The summed E-state index contributed by atoms with van der Waals surface area (Å²) in [5.74, 6) is 0.791. The Morgan fingerprint density at radius 2 is 2.38 bits per heavy atom. The zero-order valence-corrected chi connectivity index (χ0v) is 10.1. The van der Waals surface area contributed by atoms with Gasteiger partial charge in [-0.05, 0) is 13.8 Å². The lowest BCUT2D eigenvalue weighted by Gasteiger charge is -2.08. The lowest BCUT2D eigenvalue weighted by atomic mass is 10.4. The second kappa shape index (κ2) is 6.27. The first kappa shape index (κ1) is 12.7. The molecule has 0 fully saturated rings. The molecular weight excluding hydrogens is 206 g/mol. The van der Waals surface area contributed by atoms with Crippen molar-refractivity contribution in [2.45, 2.75) is 26.4 Å². The number of ether oxygens (including phenoxy) is 1. The van der Waals surface area contributed by atoms with E-state index in [2.05, 4.69) is 10.3 Å². The molecule has 0 radical (unpaired) electrons. The largest absolute Gasteiger partial charge is 0.462 e. The summed E-state index contributed by atoms with van der Waals surface area (Å²) in [6, 6.07) is 0. The Labute approximate surface area is 95.8 Å². The molecule has 1 N–H and O–H groups in total. The predicted molar refractivity (Wildman–Crippen MR) is 61.0 cm³/mol. The maximum Gasteiger partial charge on any atom is 0.320 e. The fourth-order valence-electron chi connectivity index (χ4n) is 1.33. The molecule has 1 heterocycles. The van der Waals surface area contributed by atoms with Crippen molar-refractivity contribution in [2.75, 3.05) is 13.1 Å². The summed E-state index contributed by atoms with van der Waals surface area (Å²) in [6.45, 7) is 4.65. The highest BCUT2D eigenvalue weighted by atomic mass is 16.5. The van der Waals surface area contributed by atoms with Crippen LogP contribution >= 0.6 is 0 Å². The molecule has 5 nitrogen and oxygen atoms in total. The molecule has 0 amide bonds. The lowest BCUT2D eigenvalue weighted by molar-refractivity contribution is -0.146. The van der Waals surface area contributed by atoms with E-state index in [0.29, 0.717) is 0 Å². The number of rotatable bonds is 6. The molecule has 0 aliphatic carbocycles. The monoisotopic (exact) mass is 225 g/mol. The van der Waals surface area contributed by atoms with Crippen LogP contribution in [0.1, 0.15) is 19.7 Å². The molecule has 5 heteroatoms. The van der Waals surface area contributed by atoms with E-state index in [0.717, 1.165) is 18.8 Å². The van der Waals surface area contributed by atoms with Gasteiger partial charge in [0.05, 0.1) is 12.6 Å². The molecule has 16 heavy (non-hydrogen) atoms. The van der Waals surface area contributed by atoms with Gasteiger partial charge < -0.3 is 14.6 Å². The Balaban J connectivity index is 2.13. The van der Waals surface area contributed by atoms with Gasteiger partial charge in [0.25, 0.3) is 0 Å². The van der Waals surface area contributed by atoms with Gasteiger partial charge in [-0.3, -0.25) is 4.79 Å². The van der Waals surface area contributed by atoms with Crippen LogP contribution in [0.15, 0.2) is 12.4 Å². The number of nitrogens with one attached hydrogen (secondary N) is 1. The molecule has 0 atom stereocenters. The molecule has 1 aromatic heterocycles. The van der Waals surface area contributed by atoms with Crippen LogP contribution in [0.25, 0.3) is 0 Å². The van der Waals surface area contributed by atoms with E-state index in [1.165, 1.54) is 0 Å². The first-order valence-electron chi connectivity index (χ1n) is 5.46. The molecule has 0 unspecified atom stereocenters. The topological polar surface area (TPSA) is 56.1 Å². The fraction of sp³-hybridized carbons (Fsp3) is 0.636. The van der Waals surface area contributed by atoms with Gasteiger partial charge in [-0.25, -0.2) is 4.98 Å². The van der Waals surface area contributed by atoms with E-state index >= 15 is 0 Å². The third-order valence-corrected chi connectivity index (χ3v) is 2.08. The van der Waals surface area contributed by atoms with Crippen LogP contribution in [0.4, 0.5) is 0 Å². The van der Waals surface area contributed by atoms with Crippen molar-refractivity contribution in [1.82, 2.24) is 14.9 Å². The summed E-state index contributed by atoms with van der Waals surface area (Å²) < 4.78 is 6.96. The van der Waals surface area contributed by atoms with E-state index < -0.39 is 0 Å². The van der Waals surface area contributed by atoms with Gasteiger partial charge in [-0.15, -0.1) is 0 Å². The smallest absolute Gasteiger partial charge is 0.320 e. The first-order valence-corrected chi connectivity index (χ1v) is 5.46. The Bertz CT molecular complexity index is 334. The van der Waals surface area contributed by atoms with Gasteiger partial charge in [0.15, 0.2) is 0 Å². The highest BCUT2D eigenvalue weighted by Gasteiger charge is 2.04. The Kier molecular flexibility index (Phi) is 4.98. The first-order chi connectivity index (χ1) is 7.59. The molecular formula is C11H19N3O2. The average molecular weight is 225 g/mol. The molecule has 0 bridgehead atoms. The predicted octanol–water partition coefficient (Wildman–Crippen LogP) is 0.504. The van der Waals surface area contributed by atoms with Crippen LogP contribution in [0.2, 0.25) is 0 Å². The molecule has 90 valence electrons. The SMILES string of the molecule is CC(C)OC(=O)CNCCc1nccn1C. The summed E-state index contributed by atoms with van der Waals surface area (Å²) in [5.41, 5.74) is 0. The summed E-state index contributed by atoms with van der Waals surface area (Å²) >= 11 is 0. The second-order valence-electron chi connectivity index (χ2n) is 3.92. The molecule has 0 saturated heterocycles. The third-order valence-electron chi connectivity index (χ3n) is 2.08. The maximum atomic E-state index is 11.2. The fourth-order valence-corrected chi connectivity index (χ4v) is 1.33. The highest BCUT2D eigenvalue weighted by Crippen LogP contribution is 1.94. The van der Waals surface area contributed by atoms with Crippen LogP contribution < -0.4 is 5.32 Å². The minimum absolute atomic E-state index is 0.0520. The van der Waals surface area contributed by atoms with Crippen molar-refractivity contribution in [1.29, 1.82) is 0 Å².